The highest BCUT2D eigenvalue weighted by Gasteiger charge is 2.23. The van der Waals surface area contributed by atoms with E-state index in [9.17, 15) is 9.59 Å². The van der Waals surface area contributed by atoms with Crippen LogP contribution in [0.4, 0.5) is 5.69 Å². The van der Waals surface area contributed by atoms with Gasteiger partial charge in [-0.3, -0.25) is 14.2 Å². The maximum Gasteiger partial charge on any atom is 0.243 e. The van der Waals surface area contributed by atoms with Gasteiger partial charge in [0, 0.05) is 19.3 Å². The number of amides is 2. The normalized spacial score (nSPS) is 15.5. The van der Waals surface area contributed by atoms with Gasteiger partial charge in [0.25, 0.3) is 0 Å². The number of likely N-dealkylation sites (N-methyl/N-ethyl adjacent to an activating group) is 1. The van der Waals surface area contributed by atoms with Crippen LogP contribution in [0, 0.1) is 6.92 Å². The highest BCUT2D eigenvalue weighted by molar-refractivity contribution is 7.99. The van der Waals surface area contributed by atoms with Crippen molar-refractivity contribution in [3.63, 3.8) is 0 Å². The lowest BCUT2D eigenvalue weighted by atomic mass is 10.2. The molecule has 0 saturated carbocycles. The maximum absolute atomic E-state index is 12.7. The second-order valence-corrected chi connectivity index (χ2v) is 9.87. The molecule has 1 atom stereocenters. The second-order valence-electron chi connectivity index (χ2n) is 7.98. The number of benzene rings is 1. The van der Waals surface area contributed by atoms with E-state index in [-0.39, 0.29) is 30.2 Å². The topological polar surface area (TPSA) is 89.4 Å². The third-order valence-corrected chi connectivity index (χ3v) is 7.15. The average molecular weight is 486 g/mol. The first-order valence-corrected chi connectivity index (χ1v) is 12.7. The third kappa shape index (κ3) is 6.21. The molecule has 0 bridgehead atoms. The molecule has 1 unspecified atom stereocenters. The van der Waals surface area contributed by atoms with Gasteiger partial charge in [0.05, 0.1) is 29.8 Å². The summed E-state index contributed by atoms with van der Waals surface area (Å²) in [7, 11) is 1.63. The molecule has 3 aromatic rings. The number of ether oxygens (including phenoxy) is 1. The van der Waals surface area contributed by atoms with Crippen LogP contribution in [-0.4, -0.2) is 63.5 Å². The number of aromatic nitrogens is 3. The molecule has 0 spiro atoms. The number of hydrogen-bond donors (Lipinski definition) is 1. The fourth-order valence-corrected chi connectivity index (χ4v) is 5.12. The Labute approximate surface area is 201 Å². The zero-order chi connectivity index (χ0) is 23.2. The van der Waals surface area contributed by atoms with Crippen LogP contribution in [0.2, 0.25) is 0 Å². The van der Waals surface area contributed by atoms with Gasteiger partial charge in [0.1, 0.15) is 0 Å². The number of rotatable bonds is 9. The number of nitrogens with one attached hydrogen (secondary N) is 1. The van der Waals surface area contributed by atoms with Crippen LogP contribution < -0.4 is 5.32 Å². The SMILES string of the molecule is Cc1ccc(NC(=O)CN(C)C(=O)CSc2nnc(-c3cccs3)n2CC2CCCO2)cc1. The van der Waals surface area contributed by atoms with Gasteiger partial charge in [0.2, 0.25) is 11.8 Å². The van der Waals surface area contributed by atoms with Crippen LogP contribution in [0.5, 0.6) is 0 Å². The molecule has 8 nitrogen and oxygen atoms in total. The zero-order valence-corrected chi connectivity index (χ0v) is 20.3. The minimum absolute atomic E-state index is 0.0175. The molecule has 1 aliphatic heterocycles. The number of anilines is 1. The second kappa shape index (κ2) is 11.0. The molecule has 0 radical (unpaired) electrons. The molecule has 0 aliphatic carbocycles. The lowest BCUT2D eigenvalue weighted by molar-refractivity contribution is -0.131. The number of carbonyl (C=O) groups is 2. The van der Waals surface area contributed by atoms with E-state index in [1.165, 1.54) is 16.7 Å². The van der Waals surface area contributed by atoms with Crippen molar-refractivity contribution in [2.75, 3.05) is 31.3 Å². The molecular formula is C23H27N5O3S2. The standard InChI is InChI=1S/C23H27N5O3S2/c1-16-7-9-17(10-8-16)24-20(29)14-27(2)21(30)15-33-23-26-25-22(19-6-4-12-32-19)28(23)13-18-5-3-11-31-18/h4,6-10,12,18H,3,5,11,13-15H2,1-2H3,(H,24,29). The Bertz CT molecular complexity index is 1080. The summed E-state index contributed by atoms with van der Waals surface area (Å²) in [6.45, 7) is 3.40. The van der Waals surface area contributed by atoms with E-state index >= 15 is 0 Å². The van der Waals surface area contributed by atoms with Crippen LogP contribution in [0.3, 0.4) is 0 Å². The lowest BCUT2D eigenvalue weighted by Gasteiger charge is -2.17. The van der Waals surface area contributed by atoms with Gasteiger partial charge in [-0.05, 0) is 43.3 Å². The number of nitrogens with zero attached hydrogens (tertiary/aromatic N) is 4. The van der Waals surface area contributed by atoms with Crippen LogP contribution in [0.15, 0.2) is 46.9 Å². The van der Waals surface area contributed by atoms with Gasteiger partial charge in [-0.2, -0.15) is 0 Å². The molecule has 174 valence electrons. The van der Waals surface area contributed by atoms with Crippen molar-refractivity contribution < 1.29 is 14.3 Å². The van der Waals surface area contributed by atoms with Crippen LogP contribution in [0.1, 0.15) is 18.4 Å². The van der Waals surface area contributed by atoms with E-state index in [1.807, 2.05) is 53.3 Å². The first kappa shape index (κ1) is 23.5. The molecule has 3 heterocycles. The molecule has 1 aliphatic rings. The predicted octanol–water partition coefficient (Wildman–Crippen LogP) is 3.68. The maximum atomic E-state index is 12.7. The summed E-state index contributed by atoms with van der Waals surface area (Å²) in [4.78, 5) is 27.5. The first-order valence-electron chi connectivity index (χ1n) is 10.8. The number of aryl methyl sites for hydroxylation is 1. The molecule has 33 heavy (non-hydrogen) atoms. The Morgan fingerprint density at radius 1 is 1.27 bits per heavy atom. The molecular weight excluding hydrogens is 458 g/mol. The quantitative estimate of drug-likeness (QED) is 0.465. The average Bonchev–Trinajstić information content (AvgIpc) is 3.56. The summed E-state index contributed by atoms with van der Waals surface area (Å²) in [6, 6.07) is 11.5. The van der Waals surface area contributed by atoms with Crippen molar-refractivity contribution in [2.24, 2.45) is 0 Å². The van der Waals surface area contributed by atoms with Crippen molar-refractivity contribution in [3.8, 4) is 10.7 Å². The van der Waals surface area contributed by atoms with Crippen molar-refractivity contribution in [1.29, 1.82) is 0 Å². The minimum atomic E-state index is -0.235. The molecule has 1 N–H and O–H groups in total. The Morgan fingerprint density at radius 2 is 2.09 bits per heavy atom. The monoisotopic (exact) mass is 485 g/mol. The van der Waals surface area contributed by atoms with E-state index in [4.69, 9.17) is 4.74 Å². The van der Waals surface area contributed by atoms with E-state index in [1.54, 1.807) is 18.4 Å². The summed E-state index contributed by atoms with van der Waals surface area (Å²) in [5, 5.41) is 14.2. The predicted molar refractivity (Wildman–Crippen MR) is 130 cm³/mol. The van der Waals surface area contributed by atoms with Crippen molar-refractivity contribution in [2.45, 2.75) is 37.6 Å². The van der Waals surface area contributed by atoms with Gasteiger partial charge in [-0.15, -0.1) is 21.5 Å². The molecule has 2 amide bonds. The van der Waals surface area contributed by atoms with Crippen molar-refractivity contribution in [3.05, 3.63) is 47.3 Å². The number of carbonyl (C=O) groups excluding carboxylic acids is 2. The zero-order valence-electron chi connectivity index (χ0n) is 18.7. The molecule has 10 heteroatoms. The van der Waals surface area contributed by atoms with Gasteiger partial charge >= 0.3 is 0 Å². The highest BCUT2D eigenvalue weighted by atomic mass is 32.2. The summed E-state index contributed by atoms with van der Waals surface area (Å²) in [5.74, 6) is 0.577. The lowest BCUT2D eigenvalue weighted by Crippen LogP contribution is -2.36. The number of thiophene rings is 1. The van der Waals surface area contributed by atoms with Crippen LogP contribution in [0.25, 0.3) is 10.7 Å². The van der Waals surface area contributed by atoms with Gasteiger partial charge in [-0.25, -0.2) is 0 Å². The molecule has 1 saturated heterocycles. The van der Waals surface area contributed by atoms with Crippen molar-refractivity contribution in [1.82, 2.24) is 19.7 Å². The Balaban J connectivity index is 1.35. The van der Waals surface area contributed by atoms with Crippen LogP contribution >= 0.6 is 23.1 Å². The Kier molecular flexibility index (Phi) is 7.79. The molecule has 1 aromatic carbocycles. The number of hydrogen-bond acceptors (Lipinski definition) is 7. The van der Waals surface area contributed by atoms with Gasteiger partial charge in [-0.1, -0.05) is 35.5 Å². The van der Waals surface area contributed by atoms with Crippen LogP contribution in [-0.2, 0) is 20.9 Å². The first-order chi connectivity index (χ1) is 16.0. The molecule has 1 fully saturated rings. The molecule has 2 aromatic heterocycles. The molecule has 4 rings (SSSR count). The Hall–Kier alpha value is -2.69. The fourth-order valence-electron chi connectivity index (χ4n) is 3.52. The minimum Gasteiger partial charge on any atom is -0.376 e. The van der Waals surface area contributed by atoms with E-state index in [2.05, 4.69) is 15.5 Å². The smallest absolute Gasteiger partial charge is 0.243 e. The van der Waals surface area contributed by atoms with Gasteiger partial charge < -0.3 is 15.0 Å². The summed E-state index contributed by atoms with van der Waals surface area (Å²) < 4.78 is 7.86. The summed E-state index contributed by atoms with van der Waals surface area (Å²) in [6.07, 6.45) is 2.18. The third-order valence-electron chi connectivity index (χ3n) is 5.34. The largest absolute Gasteiger partial charge is 0.376 e. The van der Waals surface area contributed by atoms with E-state index in [0.29, 0.717) is 17.4 Å². The number of thioether (sulfide) groups is 1. The Morgan fingerprint density at radius 3 is 2.79 bits per heavy atom. The highest BCUT2D eigenvalue weighted by Crippen LogP contribution is 2.29. The van der Waals surface area contributed by atoms with E-state index in [0.717, 1.165) is 35.7 Å². The summed E-state index contributed by atoms with van der Waals surface area (Å²) >= 11 is 2.94. The van der Waals surface area contributed by atoms with Crippen molar-refractivity contribution >= 4 is 40.6 Å². The van der Waals surface area contributed by atoms with Gasteiger partial charge in [0.15, 0.2) is 11.0 Å². The summed E-state index contributed by atoms with van der Waals surface area (Å²) in [5.41, 5.74) is 1.83. The van der Waals surface area contributed by atoms with E-state index < -0.39 is 0 Å². The fraction of sp³-hybridized carbons (Fsp3) is 0.391.